The number of pyridine rings is 2. The Kier molecular flexibility index (Phi) is 5.89. The van der Waals surface area contributed by atoms with Crippen molar-refractivity contribution in [3.63, 3.8) is 0 Å². The molecule has 1 amide bonds. The third-order valence-electron chi connectivity index (χ3n) is 6.14. The van der Waals surface area contributed by atoms with Gasteiger partial charge < -0.3 is 15.3 Å². The highest BCUT2D eigenvalue weighted by atomic mass is 16.3. The summed E-state index contributed by atoms with van der Waals surface area (Å²) in [5.74, 6) is 1.55. The van der Waals surface area contributed by atoms with Crippen molar-refractivity contribution in [2.24, 2.45) is 5.92 Å². The maximum atomic E-state index is 12.8. The molecule has 1 aliphatic heterocycles. The Morgan fingerprint density at radius 3 is 2.70 bits per heavy atom. The maximum absolute atomic E-state index is 12.8. The van der Waals surface area contributed by atoms with E-state index in [2.05, 4.69) is 25.3 Å². The van der Waals surface area contributed by atoms with Crippen LogP contribution in [-0.2, 0) is 17.8 Å². The Hall–Kier alpha value is -3.94. The quantitative estimate of drug-likeness (QED) is 0.473. The predicted octanol–water partition coefficient (Wildman–Crippen LogP) is 3.63. The van der Waals surface area contributed by atoms with Gasteiger partial charge in [-0.2, -0.15) is 5.10 Å². The van der Waals surface area contributed by atoms with Gasteiger partial charge in [0.2, 0.25) is 5.91 Å². The van der Waals surface area contributed by atoms with Crippen LogP contribution in [0.5, 0.6) is 5.75 Å². The molecule has 4 aromatic rings. The summed E-state index contributed by atoms with van der Waals surface area (Å²) in [6.07, 6.45) is 7.81. The normalized spacial score (nSPS) is 14.5. The summed E-state index contributed by atoms with van der Waals surface area (Å²) in [7, 11) is 0. The fourth-order valence-electron chi connectivity index (χ4n) is 4.24. The van der Waals surface area contributed by atoms with Crippen molar-refractivity contribution in [3.05, 3.63) is 72.7 Å². The van der Waals surface area contributed by atoms with E-state index in [1.54, 1.807) is 18.5 Å². The van der Waals surface area contributed by atoms with E-state index in [1.165, 1.54) is 5.56 Å². The van der Waals surface area contributed by atoms with Crippen molar-refractivity contribution in [1.82, 2.24) is 19.7 Å². The van der Waals surface area contributed by atoms with Crippen molar-refractivity contribution >= 4 is 28.4 Å². The first kappa shape index (κ1) is 20.9. The number of rotatable bonds is 6. The largest absolute Gasteiger partial charge is 0.506 e. The zero-order valence-corrected chi connectivity index (χ0v) is 18.3. The van der Waals surface area contributed by atoms with Crippen LogP contribution in [0.25, 0.3) is 10.9 Å². The van der Waals surface area contributed by atoms with Crippen molar-refractivity contribution in [2.45, 2.75) is 25.8 Å². The van der Waals surface area contributed by atoms with Crippen molar-refractivity contribution in [3.8, 4) is 5.75 Å². The van der Waals surface area contributed by atoms with Crippen LogP contribution < -0.4 is 10.2 Å². The fourth-order valence-corrected chi connectivity index (χ4v) is 4.24. The first-order valence-electron chi connectivity index (χ1n) is 11.2. The molecular formula is C25H26N6O2. The van der Waals surface area contributed by atoms with Crippen molar-refractivity contribution in [1.29, 1.82) is 0 Å². The number of amides is 1. The molecule has 4 heterocycles. The smallest absolute Gasteiger partial charge is 0.228 e. The van der Waals surface area contributed by atoms with E-state index in [1.807, 2.05) is 53.3 Å². The number of aryl methyl sites for hydroxylation is 2. The number of nitrogens with one attached hydrogen (secondary N) is 1. The number of aromatic nitrogens is 4. The third-order valence-corrected chi connectivity index (χ3v) is 6.14. The Labute approximate surface area is 191 Å². The minimum atomic E-state index is -0.0583. The number of phenolic OH excluding ortho intramolecular Hbond substituents is 1. The highest BCUT2D eigenvalue weighted by molar-refractivity contribution is 5.91. The molecule has 0 atom stereocenters. The van der Waals surface area contributed by atoms with Gasteiger partial charge in [-0.15, -0.1) is 0 Å². The second-order valence-electron chi connectivity index (χ2n) is 8.34. The number of carbonyl (C=O) groups excluding carboxylic acids is 1. The SMILES string of the molecule is O=C(Nc1ccn(CCc2ccncc2)n1)C1CCN(c2ccc3cccc(O)c3n2)CC1. The molecular weight excluding hydrogens is 416 g/mol. The molecule has 0 bridgehead atoms. The molecule has 0 saturated carbocycles. The Balaban J connectivity index is 1.14. The second kappa shape index (κ2) is 9.28. The van der Waals surface area contributed by atoms with Crippen LogP contribution in [0.4, 0.5) is 11.6 Å². The number of hydrogen-bond acceptors (Lipinski definition) is 6. The van der Waals surface area contributed by atoms with Crippen LogP contribution in [-0.4, -0.2) is 43.9 Å². The average molecular weight is 443 g/mol. The highest BCUT2D eigenvalue weighted by Crippen LogP contribution is 2.28. The van der Waals surface area contributed by atoms with E-state index < -0.39 is 0 Å². The van der Waals surface area contributed by atoms with Gasteiger partial charge in [0.15, 0.2) is 5.82 Å². The van der Waals surface area contributed by atoms with E-state index in [0.29, 0.717) is 11.3 Å². The number of piperidine rings is 1. The number of phenols is 1. The Morgan fingerprint density at radius 2 is 1.88 bits per heavy atom. The van der Waals surface area contributed by atoms with Gasteiger partial charge in [0.05, 0.1) is 0 Å². The van der Waals surface area contributed by atoms with Crippen molar-refractivity contribution < 1.29 is 9.90 Å². The summed E-state index contributed by atoms with van der Waals surface area (Å²) in [4.78, 5) is 23.6. The maximum Gasteiger partial charge on any atom is 0.228 e. The summed E-state index contributed by atoms with van der Waals surface area (Å²) in [5.41, 5.74) is 1.81. The molecule has 0 unspecified atom stereocenters. The summed E-state index contributed by atoms with van der Waals surface area (Å²) in [5, 5.41) is 18.5. The molecule has 2 N–H and O–H groups in total. The van der Waals surface area contributed by atoms with Gasteiger partial charge in [0, 0.05) is 55.6 Å². The molecule has 168 valence electrons. The molecule has 1 fully saturated rings. The van der Waals surface area contributed by atoms with E-state index in [0.717, 1.165) is 50.1 Å². The molecule has 8 nitrogen and oxygen atoms in total. The van der Waals surface area contributed by atoms with Gasteiger partial charge in [-0.1, -0.05) is 12.1 Å². The van der Waals surface area contributed by atoms with Crippen LogP contribution in [0.2, 0.25) is 0 Å². The molecule has 0 radical (unpaired) electrons. The lowest BCUT2D eigenvalue weighted by molar-refractivity contribution is -0.120. The zero-order valence-electron chi connectivity index (χ0n) is 18.3. The number of hydrogen-bond donors (Lipinski definition) is 2. The van der Waals surface area contributed by atoms with E-state index in [9.17, 15) is 9.90 Å². The van der Waals surface area contributed by atoms with Gasteiger partial charge in [0.1, 0.15) is 17.1 Å². The molecule has 5 rings (SSSR count). The van der Waals surface area contributed by atoms with Crippen LogP contribution in [0.15, 0.2) is 67.1 Å². The Bertz CT molecular complexity index is 1250. The number of nitrogens with zero attached hydrogens (tertiary/aromatic N) is 5. The van der Waals surface area contributed by atoms with Gasteiger partial charge in [-0.3, -0.25) is 14.5 Å². The molecule has 0 spiro atoms. The van der Waals surface area contributed by atoms with Gasteiger partial charge >= 0.3 is 0 Å². The van der Waals surface area contributed by atoms with E-state index in [-0.39, 0.29) is 17.6 Å². The first-order valence-corrected chi connectivity index (χ1v) is 11.2. The number of fused-ring (bicyclic) bond motifs is 1. The molecule has 1 aromatic carbocycles. The zero-order chi connectivity index (χ0) is 22.6. The van der Waals surface area contributed by atoms with Crippen LogP contribution in [0.3, 0.4) is 0 Å². The molecule has 33 heavy (non-hydrogen) atoms. The number of anilines is 2. The molecule has 0 aliphatic carbocycles. The topological polar surface area (TPSA) is 96.2 Å². The lowest BCUT2D eigenvalue weighted by Crippen LogP contribution is -2.38. The van der Waals surface area contributed by atoms with E-state index in [4.69, 9.17) is 0 Å². The summed E-state index contributed by atoms with van der Waals surface area (Å²) >= 11 is 0. The molecule has 8 heteroatoms. The van der Waals surface area contributed by atoms with Gasteiger partial charge in [-0.05, 0) is 55.2 Å². The summed E-state index contributed by atoms with van der Waals surface area (Å²) < 4.78 is 1.85. The molecule has 1 aliphatic rings. The lowest BCUT2D eigenvalue weighted by atomic mass is 9.96. The van der Waals surface area contributed by atoms with Gasteiger partial charge in [-0.25, -0.2) is 4.98 Å². The number of carbonyl (C=O) groups is 1. The van der Waals surface area contributed by atoms with E-state index >= 15 is 0 Å². The average Bonchev–Trinajstić information content (AvgIpc) is 3.31. The standard InChI is InChI=1S/C25H26N6O2/c32-21-3-1-2-19-4-5-23(28-24(19)21)30-14-9-20(10-15-30)25(33)27-22-11-17-31(29-22)16-8-18-6-12-26-13-7-18/h1-7,11-13,17,20,32H,8-10,14-16H2,(H,27,29,33). The minimum absolute atomic E-state index is 0.0122. The second-order valence-corrected chi connectivity index (χ2v) is 8.34. The lowest BCUT2D eigenvalue weighted by Gasteiger charge is -2.32. The van der Waals surface area contributed by atoms with Gasteiger partial charge in [0.25, 0.3) is 0 Å². The summed E-state index contributed by atoms with van der Waals surface area (Å²) in [6.45, 7) is 2.22. The number of benzene rings is 1. The number of para-hydroxylation sites is 1. The van der Waals surface area contributed by atoms with Crippen molar-refractivity contribution in [2.75, 3.05) is 23.3 Å². The Morgan fingerprint density at radius 1 is 1.06 bits per heavy atom. The molecule has 1 saturated heterocycles. The molecule has 3 aromatic heterocycles. The van der Waals surface area contributed by atoms with Crippen LogP contribution in [0, 0.1) is 5.92 Å². The highest BCUT2D eigenvalue weighted by Gasteiger charge is 2.26. The van der Waals surface area contributed by atoms with Crippen LogP contribution in [0.1, 0.15) is 18.4 Å². The number of aromatic hydroxyl groups is 1. The monoisotopic (exact) mass is 442 g/mol. The minimum Gasteiger partial charge on any atom is -0.506 e. The summed E-state index contributed by atoms with van der Waals surface area (Å²) in [6, 6.07) is 15.2. The first-order chi connectivity index (χ1) is 16.2. The fraction of sp³-hybridized carbons (Fsp3) is 0.280. The van der Waals surface area contributed by atoms with Crippen LogP contribution >= 0.6 is 0 Å². The third kappa shape index (κ3) is 4.79. The predicted molar refractivity (Wildman–Crippen MR) is 127 cm³/mol.